The number of methoxy groups -OCH3 is 2. The number of ether oxygens (including phenoxy) is 2. The van der Waals surface area contributed by atoms with Gasteiger partial charge in [-0.2, -0.15) is 8.42 Å². The third-order valence-electron chi connectivity index (χ3n) is 6.87. The summed E-state index contributed by atoms with van der Waals surface area (Å²) in [5.74, 6) is -1.39. The summed E-state index contributed by atoms with van der Waals surface area (Å²) in [6, 6.07) is 4.50. The van der Waals surface area contributed by atoms with Gasteiger partial charge in [-0.15, -0.1) is 0 Å². The highest BCUT2D eigenvalue weighted by Gasteiger charge is 2.33. The highest BCUT2D eigenvalue weighted by atomic mass is 35.5. The van der Waals surface area contributed by atoms with Crippen LogP contribution in [0.1, 0.15) is 34.8 Å². The van der Waals surface area contributed by atoms with Gasteiger partial charge in [-0.1, -0.05) is 16.8 Å². The SMILES string of the molecule is COc1cc(CO/N=C2\CN(c3nc4c(cc3F)c(=O)c(C(=O)O)cn4C3CC3)CC2CN)cc(Cl)c1OC.CS(=O)(=O)O. The molecule has 1 aromatic carbocycles. The number of aromatic nitrogens is 2. The number of anilines is 1. The van der Waals surface area contributed by atoms with E-state index in [-0.39, 0.29) is 48.5 Å². The highest BCUT2D eigenvalue weighted by Crippen LogP contribution is 2.38. The summed E-state index contributed by atoms with van der Waals surface area (Å²) in [5, 5.41) is 14.0. The number of halogens is 2. The lowest BCUT2D eigenvalue weighted by molar-refractivity contribution is 0.0694. The van der Waals surface area contributed by atoms with Crippen LogP contribution in [0.2, 0.25) is 5.02 Å². The standard InChI is InChI=1S/C26H27ClFN5O6.CH4O3S/c1-37-21-6-13(5-18(27)23(21)38-2)12-39-31-20-11-32(9-14(20)8-29)25-19(28)7-16-22(34)17(26(35)36)10-33(15-3-4-15)24(16)30-25;1-5(2,3)4/h5-7,10,14-15H,3-4,8-9,11-12,29H2,1-2H3,(H,35,36);1H3,(H,2,3,4)/b31-20+;. The van der Waals surface area contributed by atoms with Crippen molar-refractivity contribution in [3.05, 3.63) is 56.6 Å². The lowest BCUT2D eigenvalue weighted by atomic mass is 10.1. The molecule has 2 aromatic heterocycles. The molecule has 1 unspecified atom stereocenters. The Bertz CT molecular complexity index is 1770. The van der Waals surface area contributed by atoms with E-state index in [1.165, 1.54) is 20.4 Å². The predicted molar refractivity (Wildman–Crippen MR) is 160 cm³/mol. The van der Waals surface area contributed by atoms with Crippen molar-refractivity contribution in [1.82, 2.24) is 9.55 Å². The third-order valence-corrected chi connectivity index (χ3v) is 7.15. The first kappa shape index (κ1) is 32.9. The summed E-state index contributed by atoms with van der Waals surface area (Å²) < 4.78 is 53.4. The van der Waals surface area contributed by atoms with Crippen LogP contribution in [0.3, 0.4) is 0 Å². The summed E-state index contributed by atoms with van der Waals surface area (Å²) in [7, 11) is -0.663. The number of oxime groups is 1. The number of benzene rings is 1. The number of fused-ring (bicyclic) bond motifs is 1. The molecule has 2 aliphatic rings. The first-order valence-electron chi connectivity index (χ1n) is 13.2. The minimum absolute atomic E-state index is 0.0167. The molecule has 238 valence electrons. The molecule has 14 nitrogen and oxygen atoms in total. The number of carboxylic acids is 1. The lowest BCUT2D eigenvalue weighted by Crippen LogP contribution is -2.26. The van der Waals surface area contributed by atoms with E-state index in [2.05, 4.69) is 10.1 Å². The van der Waals surface area contributed by atoms with Crippen LogP contribution in [0.5, 0.6) is 11.5 Å². The van der Waals surface area contributed by atoms with Gasteiger partial charge in [0, 0.05) is 31.2 Å². The normalized spacial score (nSPS) is 17.4. The Labute approximate surface area is 256 Å². The van der Waals surface area contributed by atoms with E-state index < -0.39 is 32.9 Å². The van der Waals surface area contributed by atoms with Gasteiger partial charge in [0.25, 0.3) is 10.1 Å². The highest BCUT2D eigenvalue weighted by molar-refractivity contribution is 7.85. The van der Waals surface area contributed by atoms with Gasteiger partial charge < -0.3 is 34.6 Å². The zero-order valence-electron chi connectivity index (χ0n) is 24.0. The number of hydrogen-bond donors (Lipinski definition) is 3. The average Bonchev–Trinajstić information content (AvgIpc) is 3.71. The number of carbonyl (C=O) groups is 1. The van der Waals surface area contributed by atoms with Crippen molar-refractivity contribution >= 4 is 50.3 Å². The topological polar surface area (TPSA) is 196 Å². The van der Waals surface area contributed by atoms with Crippen molar-refractivity contribution < 1.29 is 41.6 Å². The van der Waals surface area contributed by atoms with Gasteiger partial charge in [0.05, 0.1) is 43.1 Å². The van der Waals surface area contributed by atoms with Crippen LogP contribution in [-0.2, 0) is 21.6 Å². The molecule has 0 spiro atoms. The van der Waals surface area contributed by atoms with Crippen LogP contribution in [0.15, 0.2) is 34.3 Å². The Balaban J connectivity index is 0.000000818. The zero-order valence-corrected chi connectivity index (χ0v) is 25.6. The molecule has 1 aliphatic carbocycles. The fraction of sp³-hybridized carbons (Fsp3) is 0.407. The van der Waals surface area contributed by atoms with Gasteiger partial charge in [-0.3, -0.25) is 9.35 Å². The van der Waals surface area contributed by atoms with Gasteiger partial charge in [0.1, 0.15) is 17.8 Å². The Morgan fingerprint density at radius 2 is 1.93 bits per heavy atom. The Morgan fingerprint density at radius 1 is 1.25 bits per heavy atom. The van der Waals surface area contributed by atoms with E-state index in [1.54, 1.807) is 21.6 Å². The van der Waals surface area contributed by atoms with Gasteiger partial charge in [0.2, 0.25) is 5.43 Å². The van der Waals surface area contributed by atoms with Crippen LogP contribution in [-0.4, -0.2) is 79.4 Å². The van der Waals surface area contributed by atoms with E-state index in [9.17, 15) is 23.1 Å². The molecular weight excluding hydrogens is 625 g/mol. The molecule has 3 heterocycles. The number of rotatable bonds is 9. The van der Waals surface area contributed by atoms with Gasteiger partial charge in [-0.25, -0.2) is 14.2 Å². The van der Waals surface area contributed by atoms with Crippen LogP contribution in [0.4, 0.5) is 10.2 Å². The summed E-state index contributed by atoms with van der Waals surface area (Å²) in [6.45, 7) is 0.913. The summed E-state index contributed by atoms with van der Waals surface area (Å²) in [5.41, 5.74) is 6.38. The van der Waals surface area contributed by atoms with E-state index in [0.29, 0.717) is 40.6 Å². The molecule has 1 saturated carbocycles. The monoisotopic (exact) mass is 655 g/mol. The van der Waals surface area contributed by atoms with E-state index in [4.69, 9.17) is 36.2 Å². The van der Waals surface area contributed by atoms with Gasteiger partial charge in [-0.05, 0) is 36.6 Å². The molecule has 0 radical (unpaired) electrons. The molecule has 0 bridgehead atoms. The van der Waals surface area contributed by atoms with E-state index in [1.807, 2.05) is 0 Å². The van der Waals surface area contributed by atoms with Crippen LogP contribution in [0.25, 0.3) is 11.0 Å². The Kier molecular flexibility index (Phi) is 9.98. The largest absolute Gasteiger partial charge is 0.493 e. The van der Waals surface area contributed by atoms with E-state index >= 15 is 4.39 Å². The molecule has 44 heavy (non-hydrogen) atoms. The number of aromatic carboxylic acids is 1. The number of carboxylic acid groups (broad SMARTS) is 1. The lowest BCUT2D eigenvalue weighted by Gasteiger charge is -2.19. The minimum atomic E-state index is -3.67. The minimum Gasteiger partial charge on any atom is -0.493 e. The molecular formula is C27H31ClFN5O9S. The Morgan fingerprint density at radius 3 is 2.50 bits per heavy atom. The number of hydrogen-bond acceptors (Lipinski definition) is 11. The fourth-order valence-electron chi connectivity index (χ4n) is 4.72. The fourth-order valence-corrected chi connectivity index (χ4v) is 5.03. The Hall–Kier alpha value is -3.99. The number of pyridine rings is 2. The van der Waals surface area contributed by atoms with Gasteiger partial charge >= 0.3 is 5.97 Å². The molecule has 2 fully saturated rings. The molecule has 1 aliphatic heterocycles. The first-order valence-corrected chi connectivity index (χ1v) is 15.4. The maximum absolute atomic E-state index is 15.3. The maximum atomic E-state index is 15.3. The predicted octanol–water partition coefficient (Wildman–Crippen LogP) is 2.71. The maximum Gasteiger partial charge on any atom is 0.341 e. The molecule has 4 N–H and O–H groups in total. The van der Waals surface area contributed by atoms with Crippen molar-refractivity contribution in [2.45, 2.75) is 25.5 Å². The van der Waals surface area contributed by atoms with Crippen LogP contribution in [0, 0.1) is 11.7 Å². The number of nitrogens with zero attached hydrogens (tertiary/aromatic N) is 4. The van der Waals surface area contributed by atoms with E-state index in [0.717, 1.165) is 18.9 Å². The van der Waals surface area contributed by atoms with Crippen molar-refractivity contribution in [1.29, 1.82) is 0 Å². The van der Waals surface area contributed by atoms with Gasteiger partial charge in [0.15, 0.2) is 23.1 Å². The van der Waals surface area contributed by atoms with Crippen molar-refractivity contribution in [2.24, 2.45) is 16.8 Å². The summed E-state index contributed by atoms with van der Waals surface area (Å²) in [6.07, 6.45) is 3.66. The molecule has 1 saturated heterocycles. The molecule has 0 amide bonds. The quantitative estimate of drug-likeness (QED) is 0.226. The molecule has 1 atom stereocenters. The molecule has 5 rings (SSSR count). The summed E-state index contributed by atoms with van der Waals surface area (Å²) in [4.78, 5) is 36.1. The molecule has 17 heteroatoms. The third kappa shape index (κ3) is 7.56. The smallest absolute Gasteiger partial charge is 0.341 e. The van der Waals surface area contributed by atoms with Crippen molar-refractivity contribution in [3.8, 4) is 11.5 Å². The van der Waals surface area contributed by atoms with Crippen LogP contribution < -0.4 is 25.5 Å². The second kappa shape index (κ2) is 13.3. The molecule has 3 aromatic rings. The number of nitrogens with two attached hydrogens (primary N) is 1. The zero-order chi connectivity index (χ0) is 32.3. The summed E-state index contributed by atoms with van der Waals surface area (Å²) >= 11 is 6.26. The van der Waals surface area contributed by atoms with Crippen molar-refractivity contribution in [3.63, 3.8) is 0 Å². The second-order valence-corrected chi connectivity index (χ2v) is 12.1. The first-order chi connectivity index (χ1) is 20.7. The average molecular weight is 656 g/mol. The second-order valence-electron chi connectivity index (χ2n) is 10.2. The van der Waals surface area contributed by atoms with Crippen molar-refractivity contribution in [2.75, 3.05) is 45.0 Å². The van der Waals surface area contributed by atoms with Crippen LogP contribution >= 0.6 is 11.6 Å².